The highest BCUT2D eigenvalue weighted by molar-refractivity contribution is 8.01. The summed E-state index contributed by atoms with van der Waals surface area (Å²) < 4.78 is 5.94. The summed E-state index contributed by atoms with van der Waals surface area (Å²) in [4.78, 5) is 12.2. The van der Waals surface area contributed by atoms with Crippen LogP contribution in [0.25, 0.3) is 0 Å². The van der Waals surface area contributed by atoms with Crippen LogP contribution in [0.4, 0.5) is 16.5 Å². The molecule has 0 radical (unpaired) electrons. The molecule has 0 saturated carbocycles. The SMILES string of the molecule is COc1cccc(Nc2nnc(SCC(=O)Nc3ccc(C)cc3C)s2)c1. The lowest BCUT2D eigenvalue weighted by molar-refractivity contribution is -0.113. The third-order valence-electron chi connectivity index (χ3n) is 3.71. The Labute approximate surface area is 166 Å². The molecule has 3 aromatic rings. The van der Waals surface area contributed by atoms with Crippen LogP contribution in [0.15, 0.2) is 46.8 Å². The second kappa shape index (κ2) is 8.88. The molecule has 0 saturated heterocycles. The van der Waals surface area contributed by atoms with E-state index in [-0.39, 0.29) is 11.7 Å². The minimum atomic E-state index is -0.0653. The lowest BCUT2D eigenvalue weighted by atomic mass is 10.1. The van der Waals surface area contributed by atoms with Crippen LogP contribution >= 0.6 is 23.1 Å². The van der Waals surface area contributed by atoms with Crippen molar-refractivity contribution in [2.75, 3.05) is 23.5 Å². The number of aromatic nitrogens is 2. The van der Waals surface area contributed by atoms with Gasteiger partial charge in [0.2, 0.25) is 11.0 Å². The Kier molecular flexibility index (Phi) is 6.31. The maximum atomic E-state index is 12.2. The molecule has 0 unspecified atom stereocenters. The molecule has 1 heterocycles. The summed E-state index contributed by atoms with van der Waals surface area (Å²) in [5.74, 6) is 0.979. The standard InChI is InChI=1S/C19H20N4O2S2/c1-12-7-8-16(13(2)9-12)21-17(24)11-26-19-23-22-18(27-19)20-14-5-4-6-15(10-14)25-3/h4-10H,11H2,1-3H3,(H,20,22)(H,21,24). The molecule has 1 amide bonds. The second-order valence-corrected chi connectivity index (χ2v) is 8.09. The first kappa shape index (κ1) is 19.2. The molecule has 6 nitrogen and oxygen atoms in total. The van der Waals surface area contributed by atoms with Crippen molar-refractivity contribution in [1.82, 2.24) is 10.2 Å². The highest BCUT2D eigenvalue weighted by Gasteiger charge is 2.10. The number of ether oxygens (including phenoxy) is 1. The molecular formula is C19H20N4O2S2. The van der Waals surface area contributed by atoms with Gasteiger partial charge in [0.1, 0.15) is 5.75 Å². The van der Waals surface area contributed by atoms with Gasteiger partial charge in [-0.3, -0.25) is 4.79 Å². The topological polar surface area (TPSA) is 76.1 Å². The van der Waals surface area contributed by atoms with Gasteiger partial charge in [-0.25, -0.2) is 0 Å². The molecule has 2 aromatic carbocycles. The minimum absolute atomic E-state index is 0.0653. The van der Waals surface area contributed by atoms with E-state index >= 15 is 0 Å². The molecule has 2 N–H and O–H groups in total. The van der Waals surface area contributed by atoms with Gasteiger partial charge in [-0.2, -0.15) is 0 Å². The zero-order valence-corrected chi connectivity index (χ0v) is 16.9. The van der Waals surface area contributed by atoms with Crippen molar-refractivity contribution in [3.63, 3.8) is 0 Å². The van der Waals surface area contributed by atoms with Gasteiger partial charge in [-0.15, -0.1) is 10.2 Å². The van der Waals surface area contributed by atoms with E-state index < -0.39 is 0 Å². The third kappa shape index (κ3) is 5.45. The number of aryl methyl sites for hydroxylation is 2. The van der Waals surface area contributed by atoms with Crippen molar-refractivity contribution < 1.29 is 9.53 Å². The quantitative estimate of drug-likeness (QED) is 0.563. The van der Waals surface area contributed by atoms with Crippen LogP contribution in [0, 0.1) is 13.8 Å². The molecule has 0 aliphatic rings. The Hall–Kier alpha value is -2.58. The summed E-state index contributed by atoms with van der Waals surface area (Å²) in [6, 6.07) is 13.5. The fourth-order valence-corrected chi connectivity index (χ4v) is 3.98. The molecule has 0 atom stereocenters. The molecule has 8 heteroatoms. The van der Waals surface area contributed by atoms with E-state index in [9.17, 15) is 4.79 Å². The van der Waals surface area contributed by atoms with Gasteiger partial charge in [0.05, 0.1) is 12.9 Å². The number of nitrogens with zero attached hydrogens (tertiary/aromatic N) is 2. The van der Waals surface area contributed by atoms with Crippen molar-refractivity contribution in [3.8, 4) is 5.75 Å². The molecule has 1 aromatic heterocycles. The lowest BCUT2D eigenvalue weighted by Gasteiger charge is -2.08. The fourth-order valence-electron chi connectivity index (χ4n) is 2.41. The molecule has 3 rings (SSSR count). The van der Waals surface area contributed by atoms with Crippen LogP contribution in [0.3, 0.4) is 0 Å². The van der Waals surface area contributed by atoms with E-state index in [1.165, 1.54) is 28.7 Å². The van der Waals surface area contributed by atoms with Gasteiger partial charge in [-0.05, 0) is 37.6 Å². The van der Waals surface area contributed by atoms with E-state index in [0.717, 1.165) is 27.0 Å². The fraction of sp³-hybridized carbons (Fsp3) is 0.211. The molecular weight excluding hydrogens is 380 g/mol. The summed E-state index contributed by atoms with van der Waals surface area (Å²) in [6.45, 7) is 4.01. The number of thioether (sulfide) groups is 1. The van der Waals surface area contributed by atoms with Crippen molar-refractivity contribution >= 4 is 45.5 Å². The molecule has 0 aliphatic carbocycles. The largest absolute Gasteiger partial charge is 0.497 e. The first-order valence-electron chi connectivity index (χ1n) is 8.28. The number of rotatable bonds is 7. The number of benzene rings is 2. The van der Waals surface area contributed by atoms with E-state index in [1.54, 1.807) is 7.11 Å². The normalized spacial score (nSPS) is 10.5. The van der Waals surface area contributed by atoms with Gasteiger partial charge in [0, 0.05) is 17.4 Å². The number of anilines is 3. The zero-order chi connectivity index (χ0) is 19.2. The predicted octanol–water partition coefficient (Wildman–Crippen LogP) is 4.64. The zero-order valence-electron chi connectivity index (χ0n) is 15.3. The Morgan fingerprint density at radius 3 is 2.81 bits per heavy atom. The van der Waals surface area contributed by atoms with Crippen LogP contribution < -0.4 is 15.4 Å². The van der Waals surface area contributed by atoms with Crippen molar-refractivity contribution in [1.29, 1.82) is 0 Å². The number of amides is 1. The highest BCUT2D eigenvalue weighted by Crippen LogP contribution is 2.29. The summed E-state index contributed by atoms with van der Waals surface area (Å²) in [5.41, 5.74) is 3.93. The first-order chi connectivity index (χ1) is 13.0. The van der Waals surface area contributed by atoms with Crippen molar-refractivity contribution in [2.45, 2.75) is 18.2 Å². The molecule has 0 fully saturated rings. The second-order valence-electron chi connectivity index (χ2n) is 5.89. The number of methoxy groups -OCH3 is 1. The summed E-state index contributed by atoms with van der Waals surface area (Å²) >= 11 is 2.77. The summed E-state index contributed by atoms with van der Waals surface area (Å²) in [5, 5.41) is 15.0. The molecule has 0 spiro atoms. The average molecular weight is 401 g/mol. The smallest absolute Gasteiger partial charge is 0.234 e. The van der Waals surface area contributed by atoms with Gasteiger partial charge >= 0.3 is 0 Å². The predicted molar refractivity (Wildman–Crippen MR) is 111 cm³/mol. The van der Waals surface area contributed by atoms with Gasteiger partial charge in [-0.1, -0.05) is 46.9 Å². The Morgan fingerprint density at radius 1 is 1.19 bits per heavy atom. The van der Waals surface area contributed by atoms with Crippen LogP contribution in [0.5, 0.6) is 5.75 Å². The summed E-state index contributed by atoms with van der Waals surface area (Å²) in [6.07, 6.45) is 0. The van der Waals surface area contributed by atoms with E-state index in [1.807, 2.05) is 56.3 Å². The monoisotopic (exact) mass is 400 g/mol. The van der Waals surface area contributed by atoms with Crippen LogP contribution in [-0.4, -0.2) is 29.0 Å². The van der Waals surface area contributed by atoms with Crippen LogP contribution in [-0.2, 0) is 4.79 Å². The minimum Gasteiger partial charge on any atom is -0.497 e. The van der Waals surface area contributed by atoms with Gasteiger partial charge in [0.25, 0.3) is 0 Å². The lowest BCUT2D eigenvalue weighted by Crippen LogP contribution is -2.14. The van der Waals surface area contributed by atoms with Crippen molar-refractivity contribution in [3.05, 3.63) is 53.6 Å². The highest BCUT2D eigenvalue weighted by atomic mass is 32.2. The molecule has 0 aliphatic heterocycles. The third-order valence-corrected chi connectivity index (χ3v) is 5.68. The van der Waals surface area contributed by atoms with E-state index in [2.05, 4.69) is 20.8 Å². The van der Waals surface area contributed by atoms with E-state index in [0.29, 0.717) is 5.13 Å². The number of hydrogen-bond acceptors (Lipinski definition) is 7. The number of carbonyl (C=O) groups excluding carboxylic acids is 1. The molecule has 140 valence electrons. The molecule has 0 bridgehead atoms. The van der Waals surface area contributed by atoms with Gasteiger partial charge in [0.15, 0.2) is 4.34 Å². The Bertz CT molecular complexity index is 943. The van der Waals surface area contributed by atoms with E-state index in [4.69, 9.17) is 4.74 Å². The number of nitrogens with one attached hydrogen (secondary N) is 2. The van der Waals surface area contributed by atoms with Gasteiger partial charge < -0.3 is 15.4 Å². The Morgan fingerprint density at radius 2 is 2.04 bits per heavy atom. The maximum absolute atomic E-state index is 12.2. The summed E-state index contributed by atoms with van der Waals surface area (Å²) in [7, 11) is 1.63. The van der Waals surface area contributed by atoms with Crippen LogP contribution in [0.2, 0.25) is 0 Å². The first-order valence-corrected chi connectivity index (χ1v) is 10.1. The average Bonchev–Trinajstić information content (AvgIpc) is 3.10. The number of carbonyl (C=O) groups is 1. The molecule has 27 heavy (non-hydrogen) atoms. The van der Waals surface area contributed by atoms with Crippen LogP contribution in [0.1, 0.15) is 11.1 Å². The Balaban J connectivity index is 1.53. The maximum Gasteiger partial charge on any atom is 0.234 e. The van der Waals surface area contributed by atoms with Crippen molar-refractivity contribution in [2.24, 2.45) is 0 Å². The number of hydrogen-bond donors (Lipinski definition) is 2.